The SMILES string of the molecule is CCNC(=NCCOc1ccc(Cl)cn1)N(C)CCOCC1CC1.I. The first-order chi connectivity index (χ1) is 11.7. The van der Waals surface area contributed by atoms with E-state index >= 15 is 0 Å². The maximum atomic E-state index is 5.79. The minimum atomic E-state index is 0. The van der Waals surface area contributed by atoms with Crippen molar-refractivity contribution >= 4 is 41.5 Å². The molecular weight excluding hydrogens is 455 g/mol. The van der Waals surface area contributed by atoms with Gasteiger partial charge in [0.05, 0.1) is 18.2 Å². The van der Waals surface area contributed by atoms with Crippen LogP contribution in [0.1, 0.15) is 19.8 Å². The van der Waals surface area contributed by atoms with Crippen LogP contribution < -0.4 is 10.1 Å². The summed E-state index contributed by atoms with van der Waals surface area (Å²) in [6.07, 6.45) is 4.21. The molecule has 0 aliphatic heterocycles. The van der Waals surface area contributed by atoms with E-state index in [0.29, 0.717) is 24.1 Å². The number of rotatable bonds is 10. The van der Waals surface area contributed by atoms with Crippen LogP contribution in [0.15, 0.2) is 23.3 Å². The van der Waals surface area contributed by atoms with E-state index in [2.05, 4.69) is 27.1 Å². The van der Waals surface area contributed by atoms with Crippen molar-refractivity contribution in [3.8, 4) is 5.88 Å². The van der Waals surface area contributed by atoms with Crippen molar-refractivity contribution in [3.05, 3.63) is 23.4 Å². The van der Waals surface area contributed by atoms with Gasteiger partial charge in [0.1, 0.15) is 6.61 Å². The first kappa shape index (κ1) is 22.2. The van der Waals surface area contributed by atoms with Crippen molar-refractivity contribution in [3.63, 3.8) is 0 Å². The molecule has 0 amide bonds. The number of aromatic nitrogens is 1. The van der Waals surface area contributed by atoms with Crippen molar-refractivity contribution < 1.29 is 9.47 Å². The van der Waals surface area contributed by atoms with Gasteiger partial charge in [-0.1, -0.05) is 11.6 Å². The number of hydrogen-bond donors (Lipinski definition) is 1. The van der Waals surface area contributed by atoms with Gasteiger partial charge in [-0.05, 0) is 31.7 Å². The number of aliphatic imine (C=N–C) groups is 1. The Hall–Kier alpha value is -0.800. The van der Waals surface area contributed by atoms with E-state index in [9.17, 15) is 0 Å². The highest BCUT2D eigenvalue weighted by Crippen LogP contribution is 2.28. The fourth-order valence-corrected chi connectivity index (χ4v) is 2.17. The highest BCUT2D eigenvalue weighted by Gasteiger charge is 2.21. The Labute approximate surface area is 172 Å². The maximum absolute atomic E-state index is 5.79. The Morgan fingerprint density at radius 3 is 2.84 bits per heavy atom. The number of guanidine groups is 1. The summed E-state index contributed by atoms with van der Waals surface area (Å²) in [6.45, 7) is 6.34. The summed E-state index contributed by atoms with van der Waals surface area (Å²) >= 11 is 5.79. The molecule has 25 heavy (non-hydrogen) atoms. The molecule has 8 heteroatoms. The number of likely N-dealkylation sites (N-methyl/N-ethyl adjacent to an activating group) is 1. The zero-order valence-electron chi connectivity index (χ0n) is 14.9. The third kappa shape index (κ3) is 9.46. The van der Waals surface area contributed by atoms with Gasteiger partial charge >= 0.3 is 0 Å². The molecular formula is C17H28ClIN4O2. The van der Waals surface area contributed by atoms with Crippen LogP contribution in [0.5, 0.6) is 5.88 Å². The Kier molecular flexibility index (Phi) is 11.2. The molecule has 142 valence electrons. The molecule has 1 aliphatic rings. The highest BCUT2D eigenvalue weighted by atomic mass is 127. The van der Waals surface area contributed by atoms with E-state index in [4.69, 9.17) is 21.1 Å². The van der Waals surface area contributed by atoms with Crippen molar-refractivity contribution in [1.29, 1.82) is 0 Å². The van der Waals surface area contributed by atoms with E-state index in [1.54, 1.807) is 18.3 Å². The fourth-order valence-electron chi connectivity index (χ4n) is 2.06. The molecule has 1 aliphatic carbocycles. The van der Waals surface area contributed by atoms with Crippen molar-refractivity contribution in [2.45, 2.75) is 19.8 Å². The highest BCUT2D eigenvalue weighted by molar-refractivity contribution is 14.0. The molecule has 1 aromatic rings. The standard InChI is InChI=1S/C17H27ClN4O2.HI/c1-3-19-17(22(2)9-11-23-13-14-4-5-14)20-8-10-24-16-7-6-15(18)12-21-16;/h6-7,12,14H,3-5,8-11,13H2,1-2H3,(H,19,20);1H. The number of nitrogens with one attached hydrogen (secondary N) is 1. The predicted molar refractivity (Wildman–Crippen MR) is 112 cm³/mol. The lowest BCUT2D eigenvalue weighted by Crippen LogP contribution is -2.40. The Morgan fingerprint density at radius 2 is 2.20 bits per heavy atom. The average molecular weight is 483 g/mol. The van der Waals surface area contributed by atoms with Crippen molar-refractivity contribution in [1.82, 2.24) is 15.2 Å². The van der Waals surface area contributed by atoms with Crippen LogP contribution in [0.4, 0.5) is 0 Å². The van der Waals surface area contributed by atoms with Crippen LogP contribution in [0.3, 0.4) is 0 Å². The summed E-state index contributed by atoms with van der Waals surface area (Å²) in [5.41, 5.74) is 0. The predicted octanol–water partition coefficient (Wildman–Crippen LogP) is 3.06. The summed E-state index contributed by atoms with van der Waals surface area (Å²) in [5, 5.41) is 3.88. The van der Waals surface area contributed by atoms with Gasteiger partial charge in [0, 0.05) is 39.0 Å². The first-order valence-electron chi connectivity index (χ1n) is 8.50. The van der Waals surface area contributed by atoms with Gasteiger partial charge in [0.15, 0.2) is 5.96 Å². The monoisotopic (exact) mass is 482 g/mol. The first-order valence-corrected chi connectivity index (χ1v) is 8.88. The summed E-state index contributed by atoms with van der Waals surface area (Å²) in [4.78, 5) is 10.7. The molecule has 0 radical (unpaired) electrons. The fraction of sp³-hybridized carbons (Fsp3) is 0.647. The number of ether oxygens (including phenoxy) is 2. The molecule has 0 unspecified atom stereocenters. The van der Waals surface area contributed by atoms with E-state index in [1.807, 2.05) is 7.05 Å². The minimum Gasteiger partial charge on any atom is -0.476 e. The second kappa shape index (κ2) is 12.5. The van der Waals surface area contributed by atoms with Crippen LogP contribution in [0.25, 0.3) is 0 Å². The smallest absolute Gasteiger partial charge is 0.213 e. The molecule has 0 atom stereocenters. The third-order valence-electron chi connectivity index (χ3n) is 3.62. The summed E-state index contributed by atoms with van der Waals surface area (Å²) in [5.74, 6) is 2.22. The maximum Gasteiger partial charge on any atom is 0.213 e. The summed E-state index contributed by atoms with van der Waals surface area (Å²) in [7, 11) is 2.02. The molecule has 6 nitrogen and oxygen atoms in total. The average Bonchev–Trinajstić information content (AvgIpc) is 3.40. The second-order valence-electron chi connectivity index (χ2n) is 5.84. The lowest BCUT2D eigenvalue weighted by atomic mass is 10.5. The number of halogens is 2. The normalized spacial score (nSPS) is 14.0. The van der Waals surface area contributed by atoms with Gasteiger partial charge in [-0.15, -0.1) is 24.0 Å². The molecule has 1 fully saturated rings. The van der Waals surface area contributed by atoms with Gasteiger partial charge < -0.3 is 19.7 Å². The summed E-state index contributed by atoms with van der Waals surface area (Å²) < 4.78 is 11.2. The molecule has 0 spiro atoms. The minimum absolute atomic E-state index is 0. The zero-order chi connectivity index (χ0) is 17.2. The molecule has 1 heterocycles. The topological polar surface area (TPSA) is 59.0 Å². The quantitative estimate of drug-likeness (QED) is 0.240. The Morgan fingerprint density at radius 1 is 1.40 bits per heavy atom. The van der Waals surface area contributed by atoms with E-state index < -0.39 is 0 Å². The van der Waals surface area contributed by atoms with Gasteiger partial charge in [0.2, 0.25) is 5.88 Å². The van der Waals surface area contributed by atoms with Crippen molar-refractivity contribution in [2.24, 2.45) is 10.9 Å². The number of nitrogens with zero attached hydrogens (tertiary/aromatic N) is 3. The van der Waals surface area contributed by atoms with Gasteiger partial charge in [-0.2, -0.15) is 0 Å². The van der Waals surface area contributed by atoms with Crippen LogP contribution >= 0.6 is 35.6 Å². The lowest BCUT2D eigenvalue weighted by molar-refractivity contribution is 0.115. The van der Waals surface area contributed by atoms with Crippen molar-refractivity contribution in [2.75, 3.05) is 46.5 Å². The van der Waals surface area contributed by atoms with Crippen LogP contribution in [0, 0.1) is 5.92 Å². The Bertz CT molecular complexity index is 512. The van der Waals surface area contributed by atoms with Gasteiger partial charge in [0.25, 0.3) is 0 Å². The summed E-state index contributed by atoms with van der Waals surface area (Å²) in [6, 6.07) is 3.51. The molecule has 0 aromatic carbocycles. The number of pyridine rings is 1. The number of hydrogen-bond acceptors (Lipinski definition) is 4. The molecule has 0 bridgehead atoms. The van der Waals surface area contributed by atoms with E-state index in [0.717, 1.165) is 38.2 Å². The van der Waals surface area contributed by atoms with Crippen LogP contribution in [-0.4, -0.2) is 62.3 Å². The Balaban J connectivity index is 0.00000312. The van der Waals surface area contributed by atoms with Crippen LogP contribution in [0.2, 0.25) is 5.02 Å². The molecule has 2 rings (SSSR count). The molecule has 0 saturated heterocycles. The van der Waals surface area contributed by atoms with E-state index in [-0.39, 0.29) is 24.0 Å². The van der Waals surface area contributed by atoms with Gasteiger partial charge in [-0.3, -0.25) is 0 Å². The zero-order valence-corrected chi connectivity index (χ0v) is 18.0. The lowest BCUT2D eigenvalue weighted by Gasteiger charge is -2.22. The van der Waals surface area contributed by atoms with Gasteiger partial charge in [-0.25, -0.2) is 9.98 Å². The third-order valence-corrected chi connectivity index (χ3v) is 3.84. The van der Waals surface area contributed by atoms with E-state index in [1.165, 1.54) is 12.8 Å². The molecule has 1 saturated carbocycles. The second-order valence-corrected chi connectivity index (χ2v) is 6.28. The molecule has 1 N–H and O–H groups in total. The molecule has 1 aromatic heterocycles. The largest absolute Gasteiger partial charge is 0.476 e. The van der Waals surface area contributed by atoms with Crippen LogP contribution in [-0.2, 0) is 4.74 Å².